The maximum Gasteiger partial charge on any atom is 0.270 e. The van der Waals surface area contributed by atoms with Gasteiger partial charge in [-0.3, -0.25) is 20.3 Å². The monoisotopic (exact) mass is 484 g/mol. The summed E-state index contributed by atoms with van der Waals surface area (Å²) in [7, 11) is -4.19. The third-order valence-electron chi connectivity index (χ3n) is 4.77. The zero-order valence-corrected chi connectivity index (χ0v) is 19.6. The van der Waals surface area contributed by atoms with Crippen LogP contribution < -0.4 is 14.9 Å². The second-order valence-electron chi connectivity index (χ2n) is 7.39. The number of hydrogen-bond donors (Lipinski definition) is 3. The van der Waals surface area contributed by atoms with Gasteiger partial charge in [-0.25, -0.2) is 8.42 Å². The van der Waals surface area contributed by atoms with E-state index >= 15 is 0 Å². The third-order valence-corrected chi connectivity index (χ3v) is 6.18. The Morgan fingerprint density at radius 3 is 2.50 bits per heavy atom. The lowest BCUT2D eigenvalue weighted by molar-refractivity contribution is -0.385. The highest BCUT2D eigenvalue weighted by atomic mass is 32.2. The number of sulfonamides is 1. The van der Waals surface area contributed by atoms with Crippen LogP contribution in [0, 0.1) is 24.0 Å². The molecule has 0 amide bonds. The number of nitro groups is 1. The Bertz CT molecular complexity index is 1360. The Labute approximate surface area is 197 Å². The summed E-state index contributed by atoms with van der Waals surface area (Å²) in [6.07, 6.45) is 1.40. The van der Waals surface area contributed by atoms with Crippen molar-refractivity contribution in [2.45, 2.75) is 25.7 Å². The van der Waals surface area contributed by atoms with Crippen LogP contribution in [0.25, 0.3) is 0 Å². The van der Waals surface area contributed by atoms with Gasteiger partial charge < -0.3 is 9.84 Å². The van der Waals surface area contributed by atoms with Crippen LogP contribution in [0.2, 0.25) is 0 Å². The molecule has 0 aliphatic carbocycles. The van der Waals surface area contributed by atoms with E-state index in [1.165, 1.54) is 24.4 Å². The first-order chi connectivity index (χ1) is 16.1. The average Bonchev–Trinajstić information content (AvgIpc) is 2.78. The van der Waals surface area contributed by atoms with E-state index in [1.807, 2.05) is 13.0 Å². The van der Waals surface area contributed by atoms with Crippen LogP contribution >= 0.6 is 0 Å². The number of aryl methyl sites for hydroxylation is 2. The fourth-order valence-electron chi connectivity index (χ4n) is 3.13. The number of phenolic OH excluding ortho intramolecular Hbond substituents is 1. The summed E-state index contributed by atoms with van der Waals surface area (Å²) in [6, 6.07) is 13.2. The normalized spacial score (nSPS) is 11.4. The summed E-state index contributed by atoms with van der Waals surface area (Å²) < 4.78 is 34.1. The maximum atomic E-state index is 13.2. The quantitative estimate of drug-likeness (QED) is 0.229. The van der Waals surface area contributed by atoms with E-state index in [-0.39, 0.29) is 27.8 Å². The first kappa shape index (κ1) is 24.5. The van der Waals surface area contributed by atoms with Crippen molar-refractivity contribution in [2.75, 3.05) is 16.8 Å². The van der Waals surface area contributed by atoms with Crippen molar-refractivity contribution in [2.24, 2.45) is 5.10 Å². The topological polar surface area (TPSA) is 143 Å². The number of hydrazone groups is 1. The molecule has 3 aromatic carbocycles. The number of ether oxygens (including phenoxy) is 1. The van der Waals surface area contributed by atoms with Crippen molar-refractivity contribution < 1.29 is 23.2 Å². The van der Waals surface area contributed by atoms with Gasteiger partial charge in [0.05, 0.1) is 29.1 Å². The number of rotatable bonds is 9. The molecule has 0 saturated carbocycles. The smallest absolute Gasteiger partial charge is 0.270 e. The lowest BCUT2D eigenvalue weighted by Crippen LogP contribution is -2.16. The third kappa shape index (κ3) is 5.81. The van der Waals surface area contributed by atoms with E-state index in [0.717, 1.165) is 11.6 Å². The van der Waals surface area contributed by atoms with Crippen LogP contribution in [-0.2, 0) is 10.0 Å². The molecule has 0 spiro atoms. The van der Waals surface area contributed by atoms with E-state index in [2.05, 4.69) is 15.2 Å². The number of anilines is 2. The molecular weight excluding hydrogens is 460 g/mol. The van der Waals surface area contributed by atoms with Crippen molar-refractivity contribution in [1.82, 2.24) is 0 Å². The molecule has 0 atom stereocenters. The van der Waals surface area contributed by atoms with Gasteiger partial charge in [0.25, 0.3) is 15.7 Å². The molecule has 0 saturated heterocycles. The number of benzene rings is 3. The second-order valence-corrected chi connectivity index (χ2v) is 9.04. The lowest BCUT2D eigenvalue weighted by Gasteiger charge is -2.14. The number of non-ortho nitro benzene ring substituents is 1. The Kier molecular flexibility index (Phi) is 7.37. The summed E-state index contributed by atoms with van der Waals surface area (Å²) in [6.45, 7) is 5.79. The van der Waals surface area contributed by atoms with Crippen LogP contribution in [0.5, 0.6) is 11.5 Å². The zero-order valence-electron chi connectivity index (χ0n) is 18.8. The first-order valence-corrected chi connectivity index (χ1v) is 11.7. The molecule has 0 unspecified atom stereocenters. The fraction of sp³-hybridized carbons (Fsp3) is 0.174. The SMILES string of the molecule is CCOc1cc(C=NNc2ccc([N+](=O)[O-])cc2S(=O)(=O)Nc2ccc(C)cc2C)ccc1O. The molecule has 10 nitrogen and oxygen atoms in total. The summed E-state index contributed by atoms with van der Waals surface area (Å²) in [5, 5.41) is 25.1. The highest BCUT2D eigenvalue weighted by Crippen LogP contribution is 2.30. The van der Waals surface area contributed by atoms with Gasteiger partial charge in [0.1, 0.15) is 4.90 Å². The van der Waals surface area contributed by atoms with Gasteiger partial charge in [-0.2, -0.15) is 5.10 Å². The van der Waals surface area contributed by atoms with Crippen molar-refractivity contribution >= 4 is 33.3 Å². The second kappa shape index (κ2) is 10.2. The first-order valence-electron chi connectivity index (χ1n) is 10.2. The van der Waals surface area contributed by atoms with Crippen molar-refractivity contribution in [3.8, 4) is 11.5 Å². The largest absolute Gasteiger partial charge is 0.504 e. The van der Waals surface area contributed by atoms with Gasteiger partial charge in [-0.05, 0) is 62.2 Å². The van der Waals surface area contributed by atoms with E-state index in [9.17, 15) is 23.6 Å². The Balaban J connectivity index is 1.93. The molecule has 3 rings (SSSR count). The number of aromatic hydroxyl groups is 1. The fourth-order valence-corrected chi connectivity index (χ4v) is 4.43. The Hall–Kier alpha value is -4.12. The Morgan fingerprint density at radius 1 is 1.09 bits per heavy atom. The van der Waals surface area contributed by atoms with Gasteiger partial charge >= 0.3 is 0 Å². The van der Waals surface area contributed by atoms with Crippen LogP contribution in [-0.4, -0.2) is 31.3 Å². The molecular formula is C23H24N4O6S. The minimum Gasteiger partial charge on any atom is -0.504 e. The summed E-state index contributed by atoms with van der Waals surface area (Å²) in [5.41, 5.74) is 4.91. The number of nitrogens with zero attached hydrogens (tertiary/aromatic N) is 2. The van der Waals surface area contributed by atoms with Crippen LogP contribution in [0.3, 0.4) is 0 Å². The van der Waals surface area contributed by atoms with Crippen molar-refractivity contribution in [1.29, 1.82) is 0 Å². The molecule has 0 aliphatic heterocycles. The molecule has 3 N–H and O–H groups in total. The van der Waals surface area contributed by atoms with Gasteiger partial charge in [0.15, 0.2) is 11.5 Å². The van der Waals surface area contributed by atoms with Crippen LogP contribution in [0.4, 0.5) is 17.1 Å². The minimum absolute atomic E-state index is 0.0202. The van der Waals surface area contributed by atoms with E-state index in [4.69, 9.17) is 4.74 Å². The van der Waals surface area contributed by atoms with Gasteiger partial charge in [0, 0.05) is 12.1 Å². The molecule has 0 bridgehead atoms. The molecule has 0 aliphatic rings. The highest BCUT2D eigenvalue weighted by molar-refractivity contribution is 7.92. The Morgan fingerprint density at radius 2 is 1.82 bits per heavy atom. The molecule has 0 radical (unpaired) electrons. The summed E-state index contributed by atoms with van der Waals surface area (Å²) in [5.74, 6) is 0.260. The number of nitrogens with one attached hydrogen (secondary N) is 2. The van der Waals surface area contributed by atoms with E-state index < -0.39 is 14.9 Å². The predicted molar refractivity (Wildman–Crippen MR) is 130 cm³/mol. The molecule has 0 aromatic heterocycles. The lowest BCUT2D eigenvalue weighted by atomic mass is 10.1. The number of nitro benzene ring substituents is 1. The van der Waals surface area contributed by atoms with Gasteiger partial charge in [-0.1, -0.05) is 17.7 Å². The van der Waals surface area contributed by atoms with Crippen molar-refractivity contribution in [3.63, 3.8) is 0 Å². The van der Waals surface area contributed by atoms with E-state index in [1.54, 1.807) is 38.1 Å². The predicted octanol–water partition coefficient (Wildman–Crippen LogP) is 4.56. The maximum absolute atomic E-state index is 13.2. The molecule has 178 valence electrons. The van der Waals surface area contributed by atoms with Crippen LogP contribution in [0.1, 0.15) is 23.6 Å². The number of phenols is 1. The average molecular weight is 485 g/mol. The molecule has 34 heavy (non-hydrogen) atoms. The summed E-state index contributed by atoms with van der Waals surface area (Å²) >= 11 is 0. The highest BCUT2D eigenvalue weighted by Gasteiger charge is 2.23. The van der Waals surface area contributed by atoms with Gasteiger partial charge in [-0.15, -0.1) is 0 Å². The standard InChI is InChI=1S/C23H24N4O6S/c1-4-33-22-12-17(6-10-21(22)28)14-24-25-20-9-7-18(27(29)30)13-23(20)34(31,32)26-19-8-5-15(2)11-16(19)3/h5-14,25-26,28H,4H2,1-3H3. The molecule has 0 heterocycles. The number of hydrogen-bond acceptors (Lipinski definition) is 8. The van der Waals surface area contributed by atoms with E-state index in [0.29, 0.717) is 23.4 Å². The minimum atomic E-state index is -4.19. The van der Waals surface area contributed by atoms with Crippen molar-refractivity contribution in [3.05, 3.63) is 81.4 Å². The van der Waals surface area contributed by atoms with Gasteiger partial charge in [0.2, 0.25) is 0 Å². The molecule has 11 heteroatoms. The molecule has 3 aromatic rings. The summed E-state index contributed by atoms with van der Waals surface area (Å²) in [4.78, 5) is 10.3. The van der Waals surface area contributed by atoms with Crippen LogP contribution in [0.15, 0.2) is 64.6 Å². The zero-order chi connectivity index (χ0) is 24.9. The molecule has 0 fully saturated rings.